The van der Waals surface area contributed by atoms with Crippen molar-refractivity contribution in [3.8, 4) is 17.1 Å². The summed E-state index contributed by atoms with van der Waals surface area (Å²) in [4.78, 5) is 49.0. The van der Waals surface area contributed by atoms with Crippen LogP contribution < -0.4 is 10.2 Å². The third-order valence-electron chi connectivity index (χ3n) is 6.87. The average molecular weight is 574 g/mol. The van der Waals surface area contributed by atoms with Gasteiger partial charge >= 0.3 is 0 Å². The van der Waals surface area contributed by atoms with Crippen LogP contribution in [0.5, 0.6) is 0 Å². The zero-order chi connectivity index (χ0) is 29.2. The van der Waals surface area contributed by atoms with E-state index in [2.05, 4.69) is 41.0 Å². The third-order valence-corrected chi connectivity index (χ3v) is 6.87. The molecule has 0 unspecified atom stereocenters. The van der Waals surface area contributed by atoms with Gasteiger partial charge in [-0.05, 0) is 28.6 Å². The minimum Gasteiger partial charge on any atom is -0.395 e. The number of benzene rings is 1. The molecule has 16 heteroatoms. The summed E-state index contributed by atoms with van der Waals surface area (Å²) < 4.78 is 16.6. The maximum absolute atomic E-state index is 15.0. The van der Waals surface area contributed by atoms with E-state index < -0.39 is 23.4 Å². The number of para-hydroxylation sites is 1. The molecule has 5 aromatic rings. The number of hydrogen-bond acceptors (Lipinski definition) is 10. The van der Waals surface area contributed by atoms with Crippen LogP contribution in [0, 0.1) is 5.82 Å². The largest absolute Gasteiger partial charge is 0.395 e. The minimum absolute atomic E-state index is 0.0594. The van der Waals surface area contributed by atoms with Crippen LogP contribution in [0.4, 0.5) is 10.3 Å². The minimum atomic E-state index is -0.869. The van der Waals surface area contributed by atoms with Gasteiger partial charge in [-0.3, -0.25) is 19.5 Å². The normalized spacial score (nSPS) is 13.5. The van der Waals surface area contributed by atoms with Crippen molar-refractivity contribution < 1.29 is 23.9 Å². The van der Waals surface area contributed by atoms with Crippen LogP contribution in [-0.4, -0.2) is 107 Å². The smallest absolute Gasteiger partial charge is 0.295 e. The molecule has 0 atom stereocenters. The molecule has 6 rings (SSSR count). The number of pyridine rings is 1. The molecule has 5 heterocycles. The number of aliphatic hydroxyl groups is 1. The Hall–Kier alpha value is -5.51. The molecule has 4 N–H and O–H groups in total. The number of halogens is 1. The van der Waals surface area contributed by atoms with E-state index in [1.807, 2.05) is 35.2 Å². The summed E-state index contributed by atoms with van der Waals surface area (Å²) in [5.41, 5.74) is 1.31. The summed E-state index contributed by atoms with van der Waals surface area (Å²) in [5, 5.41) is 29.9. The predicted molar refractivity (Wildman–Crippen MR) is 145 cm³/mol. The van der Waals surface area contributed by atoms with E-state index >= 15 is 0 Å². The maximum atomic E-state index is 15.0. The Bertz CT molecular complexity index is 1770. The van der Waals surface area contributed by atoms with E-state index in [4.69, 9.17) is 5.11 Å². The number of fused-ring (bicyclic) bond motifs is 1. The fourth-order valence-electron chi connectivity index (χ4n) is 4.79. The highest BCUT2D eigenvalue weighted by atomic mass is 19.1. The molecule has 0 saturated carbocycles. The number of Topliss-reactive ketones (excluding diaryl/α,β-unsaturated/α-hetero) is 1. The van der Waals surface area contributed by atoms with E-state index in [-0.39, 0.29) is 59.8 Å². The van der Waals surface area contributed by atoms with Gasteiger partial charge in [0, 0.05) is 38.9 Å². The number of ketones is 1. The van der Waals surface area contributed by atoms with Crippen LogP contribution in [0.3, 0.4) is 0 Å². The Morgan fingerprint density at radius 2 is 1.88 bits per heavy atom. The molecule has 15 nitrogen and oxygen atoms in total. The summed E-state index contributed by atoms with van der Waals surface area (Å²) in [6, 6.07) is 10.8. The summed E-state index contributed by atoms with van der Waals surface area (Å²) in [7, 11) is 0. The fraction of sp³-hybridized carbons (Fsp3) is 0.231. The molecule has 0 spiro atoms. The third kappa shape index (κ3) is 4.83. The highest BCUT2D eigenvalue weighted by Crippen LogP contribution is 2.30. The van der Waals surface area contributed by atoms with Crippen molar-refractivity contribution in [2.75, 3.05) is 44.2 Å². The summed E-state index contributed by atoms with van der Waals surface area (Å²) in [5.74, 6) is -2.40. The van der Waals surface area contributed by atoms with E-state index in [9.17, 15) is 18.8 Å². The van der Waals surface area contributed by atoms with Crippen molar-refractivity contribution in [1.82, 2.24) is 50.6 Å². The molecule has 42 heavy (non-hydrogen) atoms. The van der Waals surface area contributed by atoms with Crippen molar-refractivity contribution in [1.29, 1.82) is 0 Å². The number of aromatic amines is 2. The molecule has 1 aliphatic rings. The number of nitrogens with one attached hydrogen (secondary N) is 3. The SMILES string of the molecule is O=C(NCCO)c1cc(-c2ncc(F)c3c(C(=O)C(=O)N4CCN(c5nnnn5-c5ccccc5)CC4)c[nH]c23)n[nH]1. The van der Waals surface area contributed by atoms with E-state index in [0.29, 0.717) is 19.0 Å². The average Bonchev–Trinajstić information content (AvgIpc) is 3.80. The van der Waals surface area contributed by atoms with Crippen LogP contribution in [0.25, 0.3) is 28.0 Å². The number of carbonyl (C=O) groups excluding carboxylic acids is 3. The van der Waals surface area contributed by atoms with Gasteiger partial charge in [0.15, 0.2) is 5.82 Å². The standard InChI is InChI=1S/C26H24FN11O4/c27-17-14-30-21(18-12-19(32-31-18)24(41)28-6-11-39)22-20(17)16(13-29-22)23(40)25(42)36-7-9-37(10-8-36)26-33-34-35-38(26)15-4-2-1-3-5-15/h1-5,12-14,29,39H,6-11H2,(H,28,41)(H,31,32). The summed E-state index contributed by atoms with van der Waals surface area (Å²) in [6.45, 7) is 1.07. The van der Waals surface area contributed by atoms with Gasteiger partial charge in [-0.2, -0.15) is 9.78 Å². The number of amides is 2. The Morgan fingerprint density at radius 3 is 2.64 bits per heavy atom. The van der Waals surface area contributed by atoms with Crippen LogP contribution in [0.15, 0.2) is 48.8 Å². The number of H-pyrrole nitrogens is 2. The molecule has 214 valence electrons. The Morgan fingerprint density at radius 1 is 1.10 bits per heavy atom. The van der Waals surface area contributed by atoms with Crippen LogP contribution in [0.2, 0.25) is 0 Å². The lowest BCUT2D eigenvalue weighted by Gasteiger charge is -2.34. The first-order chi connectivity index (χ1) is 20.5. The number of anilines is 1. The van der Waals surface area contributed by atoms with Gasteiger partial charge in [-0.1, -0.05) is 23.3 Å². The van der Waals surface area contributed by atoms with Crippen molar-refractivity contribution in [3.05, 3.63) is 65.9 Å². The van der Waals surface area contributed by atoms with Crippen molar-refractivity contribution in [3.63, 3.8) is 0 Å². The van der Waals surface area contributed by atoms with Gasteiger partial charge in [0.25, 0.3) is 17.6 Å². The Balaban J connectivity index is 1.19. The van der Waals surface area contributed by atoms with Crippen LogP contribution in [0.1, 0.15) is 20.8 Å². The summed E-state index contributed by atoms with van der Waals surface area (Å²) >= 11 is 0. The lowest BCUT2D eigenvalue weighted by atomic mass is 10.1. The number of aliphatic hydroxyl groups excluding tert-OH is 1. The second kappa shape index (κ2) is 11.2. The number of hydrogen-bond donors (Lipinski definition) is 4. The summed E-state index contributed by atoms with van der Waals surface area (Å²) in [6.07, 6.45) is 2.20. The zero-order valence-corrected chi connectivity index (χ0v) is 22.0. The number of rotatable bonds is 8. The second-order valence-electron chi connectivity index (χ2n) is 9.39. The topological polar surface area (TPSA) is 191 Å². The van der Waals surface area contributed by atoms with Crippen molar-refractivity contribution in [2.45, 2.75) is 0 Å². The molecule has 4 aromatic heterocycles. The van der Waals surface area contributed by atoms with Crippen LogP contribution >= 0.6 is 0 Å². The Kier molecular flexibility index (Phi) is 7.10. The lowest BCUT2D eigenvalue weighted by molar-refractivity contribution is -0.126. The van der Waals surface area contributed by atoms with Gasteiger partial charge in [-0.15, -0.1) is 0 Å². The number of tetrazole rings is 1. The number of aromatic nitrogens is 8. The lowest BCUT2D eigenvalue weighted by Crippen LogP contribution is -2.51. The molecular formula is C26H24FN11O4. The first-order valence-corrected chi connectivity index (χ1v) is 13.0. The molecule has 1 saturated heterocycles. The van der Waals surface area contributed by atoms with Crippen molar-refractivity contribution >= 4 is 34.4 Å². The molecular weight excluding hydrogens is 549 g/mol. The first kappa shape index (κ1) is 26.7. The van der Waals surface area contributed by atoms with Crippen LogP contribution in [-0.2, 0) is 4.79 Å². The van der Waals surface area contributed by atoms with Gasteiger partial charge in [0.1, 0.15) is 17.1 Å². The van der Waals surface area contributed by atoms with Gasteiger partial charge in [-0.25, -0.2) is 9.37 Å². The van der Waals surface area contributed by atoms with E-state index in [0.717, 1.165) is 11.9 Å². The fourth-order valence-corrected chi connectivity index (χ4v) is 4.79. The van der Waals surface area contributed by atoms with Crippen molar-refractivity contribution in [2.24, 2.45) is 0 Å². The number of carbonyl (C=O) groups is 3. The zero-order valence-electron chi connectivity index (χ0n) is 22.0. The Labute approximate surface area is 236 Å². The number of piperazine rings is 1. The van der Waals surface area contributed by atoms with E-state index in [1.165, 1.54) is 17.2 Å². The highest BCUT2D eigenvalue weighted by molar-refractivity contribution is 6.45. The first-order valence-electron chi connectivity index (χ1n) is 13.0. The monoisotopic (exact) mass is 573 g/mol. The number of nitrogens with zero attached hydrogens (tertiary/aromatic N) is 8. The quantitative estimate of drug-likeness (QED) is 0.149. The molecule has 1 fully saturated rings. The second-order valence-corrected chi connectivity index (χ2v) is 9.39. The van der Waals surface area contributed by atoms with Gasteiger partial charge in [0.05, 0.1) is 35.0 Å². The molecule has 0 radical (unpaired) electrons. The van der Waals surface area contributed by atoms with Gasteiger partial charge < -0.3 is 25.2 Å². The molecule has 1 aromatic carbocycles. The van der Waals surface area contributed by atoms with Gasteiger partial charge in [0.2, 0.25) is 5.95 Å². The maximum Gasteiger partial charge on any atom is 0.295 e. The molecule has 0 aliphatic carbocycles. The van der Waals surface area contributed by atoms with E-state index in [1.54, 1.807) is 4.68 Å². The molecule has 0 bridgehead atoms. The predicted octanol–water partition coefficient (Wildman–Crippen LogP) is 0.321. The highest BCUT2D eigenvalue weighted by Gasteiger charge is 2.31. The molecule has 1 aliphatic heterocycles. The molecule has 2 amide bonds.